The molecule has 0 saturated carbocycles. The van der Waals surface area contributed by atoms with E-state index in [4.69, 9.17) is 0 Å². The molecule has 0 spiro atoms. The van der Waals surface area contributed by atoms with Crippen molar-refractivity contribution in [1.82, 2.24) is 0 Å². The van der Waals surface area contributed by atoms with Gasteiger partial charge in [-0.2, -0.15) is 0 Å². The van der Waals surface area contributed by atoms with Crippen LogP contribution in [-0.4, -0.2) is 0 Å². The molecular formula is C47H37N. The molecule has 48 heavy (non-hydrogen) atoms. The maximum Gasteiger partial charge on any atom is 0.0462 e. The third-order valence-corrected chi connectivity index (χ3v) is 10.6. The molecule has 1 heteroatoms. The van der Waals surface area contributed by atoms with Crippen molar-refractivity contribution in [2.24, 2.45) is 0 Å². The van der Waals surface area contributed by atoms with Crippen molar-refractivity contribution < 1.29 is 0 Å². The van der Waals surface area contributed by atoms with Gasteiger partial charge >= 0.3 is 0 Å². The van der Waals surface area contributed by atoms with Crippen LogP contribution in [-0.2, 0) is 11.8 Å². The van der Waals surface area contributed by atoms with E-state index in [0.29, 0.717) is 5.92 Å². The zero-order chi connectivity index (χ0) is 32.2. The van der Waals surface area contributed by atoms with Crippen molar-refractivity contribution in [2.45, 2.75) is 31.6 Å². The lowest BCUT2D eigenvalue weighted by Gasteiger charge is -2.27. The standard InChI is InChI=1S/C47H37N/c1-47(2)43-19-11-10-18-42(43)46-44(47)31-37-14-8-9-17-41(37)45(46)34-24-28-40(29-25-34)48(38-15-4-3-5-16-38)39-26-22-33(23-27-39)36-21-20-32-12-6-7-13-35(32)30-36/h3-29,31,36H,30H2,1-2H3. The van der Waals surface area contributed by atoms with Gasteiger partial charge in [0, 0.05) is 28.4 Å². The average molecular weight is 616 g/mol. The molecule has 9 rings (SSSR count). The minimum atomic E-state index is -0.0578. The number of benzene rings is 7. The van der Waals surface area contributed by atoms with Gasteiger partial charge in [0.2, 0.25) is 0 Å². The molecule has 0 aliphatic heterocycles. The molecule has 230 valence electrons. The summed E-state index contributed by atoms with van der Waals surface area (Å²) < 4.78 is 0. The van der Waals surface area contributed by atoms with Gasteiger partial charge in [-0.25, -0.2) is 0 Å². The summed E-state index contributed by atoms with van der Waals surface area (Å²) in [6.45, 7) is 4.73. The van der Waals surface area contributed by atoms with Crippen LogP contribution in [0.5, 0.6) is 0 Å². The third-order valence-electron chi connectivity index (χ3n) is 10.6. The molecule has 0 bridgehead atoms. The van der Waals surface area contributed by atoms with E-state index in [1.807, 2.05) is 0 Å². The van der Waals surface area contributed by atoms with Crippen LogP contribution in [0.25, 0.3) is 39.1 Å². The number of fused-ring (bicyclic) bond motifs is 5. The predicted molar refractivity (Wildman–Crippen MR) is 204 cm³/mol. The van der Waals surface area contributed by atoms with Gasteiger partial charge < -0.3 is 4.90 Å². The fraction of sp³-hybridized carbons (Fsp3) is 0.106. The lowest BCUT2D eigenvalue weighted by Crippen LogP contribution is -2.14. The van der Waals surface area contributed by atoms with Crippen LogP contribution in [0.15, 0.2) is 164 Å². The first-order chi connectivity index (χ1) is 23.6. The number of para-hydroxylation sites is 1. The Morgan fingerprint density at radius 1 is 0.562 bits per heavy atom. The second-order valence-corrected chi connectivity index (χ2v) is 13.7. The molecule has 1 nitrogen and oxygen atoms in total. The number of anilines is 3. The number of hydrogen-bond donors (Lipinski definition) is 0. The first-order valence-electron chi connectivity index (χ1n) is 17.0. The number of rotatable bonds is 5. The quantitative estimate of drug-likeness (QED) is 0.186. The molecule has 0 N–H and O–H groups in total. The second-order valence-electron chi connectivity index (χ2n) is 13.7. The van der Waals surface area contributed by atoms with Gasteiger partial charge in [0.15, 0.2) is 0 Å². The van der Waals surface area contributed by atoms with Gasteiger partial charge in [0.25, 0.3) is 0 Å². The molecule has 0 radical (unpaired) electrons. The molecule has 0 aromatic heterocycles. The predicted octanol–water partition coefficient (Wildman–Crippen LogP) is 12.6. The summed E-state index contributed by atoms with van der Waals surface area (Å²) in [6.07, 6.45) is 5.67. The number of hydrogen-bond acceptors (Lipinski definition) is 1. The van der Waals surface area contributed by atoms with E-state index in [2.05, 4.69) is 189 Å². The third kappa shape index (κ3) is 4.61. The van der Waals surface area contributed by atoms with Crippen molar-refractivity contribution in [3.8, 4) is 22.3 Å². The first kappa shape index (κ1) is 28.6. The molecular weight excluding hydrogens is 579 g/mol. The summed E-state index contributed by atoms with van der Waals surface area (Å²) in [5.41, 5.74) is 15.6. The van der Waals surface area contributed by atoms with E-state index in [1.54, 1.807) is 0 Å². The molecule has 0 saturated heterocycles. The highest BCUT2D eigenvalue weighted by Crippen LogP contribution is 2.54. The maximum atomic E-state index is 2.42. The lowest BCUT2D eigenvalue weighted by atomic mass is 9.80. The zero-order valence-electron chi connectivity index (χ0n) is 27.4. The van der Waals surface area contributed by atoms with E-state index in [-0.39, 0.29) is 5.41 Å². The van der Waals surface area contributed by atoms with Gasteiger partial charge in [-0.15, -0.1) is 0 Å². The lowest BCUT2D eigenvalue weighted by molar-refractivity contribution is 0.661. The fourth-order valence-corrected chi connectivity index (χ4v) is 8.12. The molecule has 7 aromatic rings. The maximum absolute atomic E-state index is 2.42. The number of allylic oxidation sites excluding steroid dienone is 1. The van der Waals surface area contributed by atoms with Gasteiger partial charge in [0.1, 0.15) is 0 Å². The number of nitrogens with zero attached hydrogens (tertiary/aromatic N) is 1. The molecule has 7 aromatic carbocycles. The molecule has 0 fully saturated rings. The zero-order valence-corrected chi connectivity index (χ0v) is 27.4. The Labute approximate surface area is 283 Å². The minimum Gasteiger partial charge on any atom is -0.311 e. The summed E-state index contributed by atoms with van der Waals surface area (Å²) >= 11 is 0. The van der Waals surface area contributed by atoms with Crippen LogP contribution in [0.1, 0.15) is 47.6 Å². The molecule has 2 aliphatic carbocycles. The highest BCUT2D eigenvalue weighted by Gasteiger charge is 2.37. The largest absolute Gasteiger partial charge is 0.311 e. The second kappa shape index (κ2) is 11.2. The Bertz CT molecular complexity index is 2330. The molecule has 0 heterocycles. The van der Waals surface area contributed by atoms with Crippen LogP contribution in [0.4, 0.5) is 17.1 Å². The van der Waals surface area contributed by atoms with E-state index in [0.717, 1.165) is 23.5 Å². The fourth-order valence-electron chi connectivity index (χ4n) is 8.12. The summed E-state index contributed by atoms with van der Waals surface area (Å²) in [7, 11) is 0. The smallest absolute Gasteiger partial charge is 0.0462 e. The van der Waals surface area contributed by atoms with Crippen LogP contribution in [0, 0.1) is 0 Å². The van der Waals surface area contributed by atoms with E-state index in [1.165, 1.54) is 60.8 Å². The van der Waals surface area contributed by atoms with Gasteiger partial charge in [0.05, 0.1) is 0 Å². The summed E-state index contributed by atoms with van der Waals surface area (Å²) in [5, 5.41) is 2.59. The van der Waals surface area contributed by atoms with Crippen molar-refractivity contribution >= 4 is 33.9 Å². The summed E-state index contributed by atoms with van der Waals surface area (Å²) in [4.78, 5) is 2.37. The summed E-state index contributed by atoms with van der Waals surface area (Å²) in [5.74, 6) is 0.385. The Balaban J connectivity index is 1.12. The van der Waals surface area contributed by atoms with E-state index < -0.39 is 0 Å². The van der Waals surface area contributed by atoms with Crippen molar-refractivity contribution in [3.63, 3.8) is 0 Å². The van der Waals surface area contributed by atoms with Gasteiger partial charge in [-0.05, 0) is 110 Å². The Hall–Kier alpha value is -5.66. The average Bonchev–Trinajstić information content (AvgIpc) is 3.37. The topological polar surface area (TPSA) is 3.24 Å². The van der Waals surface area contributed by atoms with E-state index in [9.17, 15) is 0 Å². The van der Waals surface area contributed by atoms with E-state index >= 15 is 0 Å². The minimum absolute atomic E-state index is 0.0578. The van der Waals surface area contributed by atoms with Crippen LogP contribution in [0.3, 0.4) is 0 Å². The van der Waals surface area contributed by atoms with Crippen LogP contribution in [0.2, 0.25) is 0 Å². The van der Waals surface area contributed by atoms with Gasteiger partial charge in [-0.1, -0.05) is 141 Å². The van der Waals surface area contributed by atoms with Gasteiger partial charge in [-0.3, -0.25) is 0 Å². The monoisotopic (exact) mass is 615 g/mol. The van der Waals surface area contributed by atoms with Crippen molar-refractivity contribution in [1.29, 1.82) is 0 Å². The Morgan fingerprint density at radius 2 is 1.21 bits per heavy atom. The highest BCUT2D eigenvalue weighted by molar-refractivity contribution is 6.08. The Kier molecular flexibility index (Phi) is 6.69. The van der Waals surface area contributed by atoms with Crippen molar-refractivity contribution in [3.05, 3.63) is 192 Å². The van der Waals surface area contributed by atoms with Crippen LogP contribution < -0.4 is 4.90 Å². The molecule has 1 unspecified atom stereocenters. The normalized spacial score (nSPS) is 15.5. The molecule has 0 amide bonds. The first-order valence-corrected chi connectivity index (χ1v) is 17.0. The highest BCUT2D eigenvalue weighted by atomic mass is 15.1. The SMILES string of the molecule is CC1(C)c2ccccc2-c2c1cc1ccccc1c2-c1ccc(N(c2ccccc2)c2ccc(C3C=Cc4ccccc4C3)cc2)cc1. The Morgan fingerprint density at radius 3 is 2.02 bits per heavy atom. The summed E-state index contributed by atoms with van der Waals surface area (Å²) in [6, 6.07) is 58.1. The van der Waals surface area contributed by atoms with Crippen molar-refractivity contribution in [2.75, 3.05) is 4.90 Å². The molecule has 1 atom stereocenters. The van der Waals surface area contributed by atoms with Crippen LogP contribution >= 0.6 is 0 Å². The molecule has 2 aliphatic rings.